The molecule has 1 aromatic heterocycles. The molecule has 2 rings (SSSR count). The van der Waals surface area contributed by atoms with Gasteiger partial charge in [-0.05, 0) is 43.9 Å². The minimum Gasteiger partial charge on any atom is -0.368 e. The number of nitrogens with zero attached hydrogens (tertiary/aromatic N) is 1. The number of aromatic nitrogens is 1. The molecule has 1 atom stereocenters. The Balaban J connectivity index is 1.82. The molecule has 2 heterocycles. The van der Waals surface area contributed by atoms with Crippen LogP contribution in [0.1, 0.15) is 24.8 Å². The largest absolute Gasteiger partial charge is 0.368 e. The molecule has 1 saturated heterocycles. The zero-order chi connectivity index (χ0) is 11.4. The van der Waals surface area contributed by atoms with Gasteiger partial charge in [-0.3, -0.25) is 9.78 Å². The summed E-state index contributed by atoms with van der Waals surface area (Å²) in [6, 6.07) is 3.99. The SMILES string of the molecule is NC(=O)C1(CCCc2cccnc2)CCN1. The molecule has 1 aromatic rings. The van der Waals surface area contributed by atoms with Crippen molar-refractivity contribution in [2.24, 2.45) is 5.73 Å². The number of hydrogen-bond acceptors (Lipinski definition) is 3. The number of carbonyl (C=O) groups excluding carboxylic acids is 1. The molecule has 3 N–H and O–H groups in total. The molecule has 0 aliphatic carbocycles. The van der Waals surface area contributed by atoms with Crippen LogP contribution < -0.4 is 11.1 Å². The molecule has 1 aliphatic rings. The predicted molar refractivity (Wildman–Crippen MR) is 61.7 cm³/mol. The number of primary amides is 1. The van der Waals surface area contributed by atoms with Gasteiger partial charge in [-0.2, -0.15) is 0 Å². The lowest BCUT2D eigenvalue weighted by molar-refractivity contribution is -0.127. The van der Waals surface area contributed by atoms with Gasteiger partial charge < -0.3 is 11.1 Å². The molecule has 0 aromatic carbocycles. The lowest BCUT2D eigenvalue weighted by Gasteiger charge is -2.40. The molecule has 0 spiro atoms. The van der Waals surface area contributed by atoms with Crippen LogP contribution in [0.2, 0.25) is 0 Å². The summed E-state index contributed by atoms with van der Waals surface area (Å²) >= 11 is 0. The van der Waals surface area contributed by atoms with Gasteiger partial charge in [0.1, 0.15) is 0 Å². The summed E-state index contributed by atoms with van der Waals surface area (Å²) in [5.74, 6) is -0.218. The average molecular weight is 219 g/mol. The van der Waals surface area contributed by atoms with Crippen molar-refractivity contribution in [2.45, 2.75) is 31.2 Å². The number of pyridine rings is 1. The van der Waals surface area contributed by atoms with Gasteiger partial charge in [0.25, 0.3) is 0 Å². The Morgan fingerprint density at radius 3 is 2.94 bits per heavy atom. The van der Waals surface area contributed by atoms with Crippen LogP contribution in [0, 0.1) is 0 Å². The lowest BCUT2D eigenvalue weighted by atomic mass is 9.82. The van der Waals surface area contributed by atoms with Gasteiger partial charge in [0, 0.05) is 12.4 Å². The normalized spacial score (nSPS) is 23.8. The topological polar surface area (TPSA) is 68.0 Å². The summed E-state index contributed by atoms with van der Waals surface area (Å²) in [6.45, 7) is 0.899. The van der Waals surface area contributed by atoms with Gasteiger partial charge in [-0.1, -0.05) is 6.07 Å². The van der Waals surface area contributed by atoms with E-state index in [1.54, 1.807) is 6.20 Å². The standard InChI is InChI=1S/C12H17N3O/c13-11(16)12(6-8-15-12)5-1-3-10-4-2-7-14-9-10/h2,4,7,9,15H,1,3,5-6,8H2,(H2,13,16). The van der Waals surface area contributed by atoms with Crippen LogP contribution in [0.25, 0.3) is 0 Å². The molecule has 86 valence electrons. The van der Waals surface area contributed by atoms with E-state index >= 15 is 0 Å². The summed E-state index contributed by atoms with van der Waals surface area (Å²) in [4.78, 5) is 15.4. The number of aryl methyl sites for hydroxylation is 1. The van der Waals surface area contributed by atoms with Crippen molar-refractivity contribution in [3.63, 3.8) is 0 Å². The minimum atomic E-state index is -0.428. The molecule has 0 bridgehead atoms. The number of hydrogen-bond donors (Lipinski definition) is 2. The molecular weight excluding hydrogens is 202 g/mol. The minimum absolute atomic E-state index is 0.218. The number of rotatable bonds is 5. The maximum Gasteiger partial charge on any atom is 0.237 e. The van der Waals surface area contributed by atoms with Gasteiger partial charge >= 0.3 is 0 Å². The molecule has 16 heavy (non-hydrogen) atoms. The third-order valence-electron chi connectivity index (χ3n) is 3.28. The van der Waals surface area contributed by atoms with Crippen molar-refractivity contribution in [3.05, 3.63) is 30.1 Å². The monoisotopic (exact) mass is 219 g/mol. The Morgan fingerprint density at radius 2 is 2.44 bits per heavy atom. The van der Waals surface area contributed by atoms with Crippen LogP contribution in [0.5, 0.6) is 0 Å². The van der Waals surface area contributed by atoms with Crippen molar-refractivity contribution in [1.82, 2.24) is 10.3 Å². The van der Waals surface area contributed by atoms with Crippen LogP contribution >= 0.6 is 0 Å². The van der Waals surface area contributed by atoms with Gasteiger partial charge in [-0.25, -0.2) is 0 Å². The molecule has 0 saturated carbocycles. The first-order chi connectivity index (χ1) is 7.73. The fourth-order valence-electron chi connectivity index (χ4n) is 2.11. The molecule has 1 unspecified atom stereocenters. The quantitative estimate of drug-likeness (QED) is 0.763. The van der Waals surface area contributed by atoms with E-state index in [1.165, 1.54) is 5.56 Å². The first-order valence-corrected chi connectivity index (χ1v) is 5.67. The summed E-state index contributed by atoms with van der Waals surface area (Å²) < 4.78 is 0. The fourth-order valence-corrected chi connectivity index (χ4v) is 2.11. The first-order valence-electron chi connectivity index (χ1n) is 5.67. The van der Waals surface area contributed by atoms with Crippen molar-refractivity contribution in [3.8, 4) is 0 Å². The maximum absolute atomic E-state index is 11.3. The van der Waals surface area contributed by atoms with Crippen molar-refractivity contribution in [1.29, 1.82) is 0 Å². The van der Waals surface area contributed by atoms with Gasteiger partial charge in [0.2, 0.25) is 5.91 Å². The second-order valence-corrected chi connectivity index (χ2v) is 4.34. The molecule has 0 radical (unpaired) electrons. The first kappa shape index (κ1) is 11.1. The Bertz CT molecular complexity index is 360. The predicted octanol–water partition coefficient (Wildman–Crippen LogP) is 0.622. The van der Waals surface area contributed by atoms with Crippen molar-refractivity contribution in [2.75, 3.05) is 6.54 Å². The molecule has 4 nitrogen and oxygen atoms in total. The van der Waals surface area contributed by atoms with E-state index in [-0.39, 0.29) is 5.91 Å². The van der Waals surface area contributed by atoms with Gasteiger partial charge in [-0.15, -0.1) is 0 Å². The summed E-state index contributed by atoms with van der Waals surface area (Å²) in [5.41, 5.74) is 6.18. The van der Waals surface area contributed by atoms with Crippen LogP contribution in [-0.2, 0) is 11.2 Å². The Hall–Kier alpha value is -1.42. The number of nitrogens with one attached hydrogen (secondary N) is 1. The molecule has 4 heteroatoms. The number of nitrogens with two attached hydrogens (primary N) is 1. The highest BCUT2D eigenvalue weighted by atomic mass is 16.1. The summed E-state index contributed by atoms with van der Waals surface area (Å²) in [7, 11) is 0. The molecule has 1 amide bonds. The van der Waals surface area contributed by atoms with E-state index in [2.05, 4.69) is 16.4 Å². The summed E-state index contributed by atoms with van der Waals surface area (Å²) in [5, 5.41) is 3.15. The maximum atomic E-state index is 11.3. The lowest BCUT2D eigenvalue weighted by Crippen LogP contribution is -2.64. The third kappa shape index (κ3) is 2.22. The smallest absolute Gasteiger partial charge is 0.237 e. The molecule has 1 aliphatic heterocycles. The Morgan fingerprint density at radius 1 is 1.62 bits per heavy atom. The van der Waals surface area contributed by atoms with Crippen LogP contribution in [0.3, 0.4) is 0 Å². The van der Waals surface area contributed by atoms with E-state index in [0.29, 0.717) is 0 Å². The van der Waals surface area contributed by atoms with E-state index in [9.17, 15) is 4.79 Å². The van der Waals surface area contributed by atoms with Crippen molar-refractivity contribution < 1.29 is 4.79 Å². The van der Waals surface area contributed by atoms with E-state index in [1.807, 2.05) is 12.3 Å². The van der Waals surface area contributed by atoms with E-state index in [4.69, 9.17) is 5.73 Å². The average Bonchev–Trinajstić information content (AvgIpc) is 2.23. The second-order valence-electron chi connectivity index (χ2n) is 4.34. The van der Waals surface area contributed by atoms with E-state index in [0.717, 1.165) is 32.2 Å². The van der Waals surface area contributed by atoms with Crippen molar-refractivity contribution >= 4 is 5.91 Å². The van der Waals surface area contributed by atoms with Gasteiger partial charge in [0.15, 0.2) is 0 Å². The van der Waals surface area contributed by atoms with Crippen LogP contribution in [0.15, 0.2) is 24.5 Å². The Labute approximate surface area is 95.3 Å². The number of amides is 1. The Kier molecular flexibility index (Phi) is 3.19. The highest BCUT2D eigenvalue weighted by molar-refractivity contribution is 5.85. The highest BCUT2D eigenvalue weighted by Gasteiger charge is 2.41. The van der Waals surface area contributed by atoms with Gasteiger partial charge in [0.05, 0.1) is 5.54 Å². The highest BCUT2D eigenvalue weighted by Crippen LogP contribution is 2.24. The fraction of sp³-hybridized carbons (Fsp3) is 0.500. The zero-order valence-corrected chi connectivity index (χ0v) is 9.28. The molecule has 1 fully saturated rings. The second kappa shape index (κ2) is 4.61. The zero-order valence-electron chi connectivity index (χ0n) is 9.28. The molecular formula is C12H17N3O. The third-order valence-corrected chi connectivity index (χ3v) is 3.28. The van der Waals surface area contributed by atoms with Crippen LogP contribution in [0.4, 0.5) is 0 Å². The van der Waals surface area contributed by atoms with E-state index < -0.39 is 5.54 Å². The number of carbonyl (C=O) groups is 1. The van der Waals surface area contributed by atoms with Crippen LogP contribution in [-0.4, -0.2) is 23.0 Å². The summed E-state index contributed by atoms with van der Waals surface area (Å²) in [6.07, 6.45) is 7.23.